The average Bonchev–Trinajstić information content (AvgIpc) is 2.62. The third kappa shape index (κ3) is 5.01. The van der Waals surface area contributed by atoms with E-state index in [1.165, 1.54) is 18.0 Å². The topological polar surface area (TPSA) is 91.6 Å². The van der Waals surface area contributed by atoms with E-state index < -0.39 is 5.97 Å². The van der Waals surface area contributed by atoms with Gasteiger partial charge in [0, 0.05) is 24.4 Å². The van der Waals surface area contributed by atoms with Crippen molar-refractivity contribution in [3.63, 3.8) is 0 Å². The quantitative estimate of drug-likeness (QED) is 0.605. The lowest BCUT2D eigenvalue weighted by molar-refractivity contribution is -0.136. The molecule has 0 radical (unpaired) electrons. The molecule has 1 amide bonds. The Hall–Kier alpha value is -3.02. The Bertz CT molecular complexity index is 725. The highest BCUT2D eigenvalue weighted by Crippen LogP contribution is 2.10. The van der Waals surface area contributed by atoms with Gasteiger partial charge in [-0.15, -0.1) is 0 Å². The van der Waals surface area contributed by atoms with E-state index in [0.717, 1.165) is 12.0 Å². The zero-order valence-electron chi connectivity index (χ0n) is 13.4. The number of aryl methyl sites for hydroxylation is 1. The van der Waals surface area contributed by atoms with Gasteiger partial charge in [0.1, 0.15) is 0 Å². The highest BCUT2D eigenvalue weighted by molar-refractivity contribution is 6.03. The summed E-state index contributed by atoms with van der Waals surface area (Å²) in [7, 11) is 0. The maximum atomic E-state index is 12.1. The minimum Gasteiger partial charge on any atom is -0.481 e. The van der Waals surface area contributed by atoms with E-state index in [1.54, 1.807) is 12.1 Å². The van der Waals surface area contributed by atoms with Crippen LogP contribution in [0.3, 0.4) is 0 Å². The lowest BCUT2D eigenvalue weighted by atomic mass is 10.0. The Balaban J connectivity index is 2.17. The summed E-state index contributed by atoms with van der Waals surface area (Å²) in [5.41, 5.74) is 5.42. The van der Waals surface area contributed by atoms with Gasteiger partial charge in [0.05, 0.1) is 12.1 Å². The first-order valence-electron chi connectivity index (χ1n) is 7.68. The van der Waals surface area contributed by atoms with E-state index in [4.69, 9.17) is 5.11 Å². The van der Waals surface area contributed by atoms with E-state index in [1.807, 2.05) is 24.3 Å². The number of nitrogens with one attached hydrogen (secondary N) is 1. The van der Waals surface area contributed by atoms with Gasteiger partial charge in [-0.25, -0.2) is 5.43 Å². The standard InChI is InChI=1S/C18H19N3O3/c1-2-13-3-5-14(6-4-13)16(7-8-17(22)23)20-21-18(24)15-9-11-19-12-10-15/h3-6,9-12H,2,7-8H2,1H3,(H,21,24)(H,22,23)/b20-16+. The molecule has 0 fully saturated rings. The van der Waals surface area contributed by atoms with Crippen LogP contribution in [0.15, 0.2) is 53.9 Å². The minimum absolute atomic E-state index is 0.0561. The number of rotatable bonds is 7. The van der Waals surface area contributed by atoms with Crippen molar-refractivity contribution in [2.45, 2.75) is 26.2 Å². The zero-order valence-corrected chi connectivity index (χ0v) is 13.4. The van der Waals surface area contributed by atoms with Crippen molar-refractivity contribution in [1.82, 2.24) is 10.4 Å². The number of hydrazone groups is 1. The number of carboxylic acid groups (broad SMARTS) is 1. The number of carbonyl (C=O) groups is 2. The lowest BCUT2D eigenvalue weighted by Gasteiger charge is -2.07. The molecule has 0 atom stereocenters. The predicted molar refractivity (Wildman–Crippen MR) is 90.9 cm³/mol. The van der Waals surface area contributed by atoms with Gasteiger partial charge in [0.2, 0.25) is 0 Å². The number of amides is 1. The van der Waals surface area contributed by atoms with E-state index in [9.17, 15) is 9.59 Å². The van der Waals surface area contributed by atoms with Crippen molar-refractivity contribution in [3.8, 4) is 0 Å². The van der Waals surface area contributed by atoms with Crippen LogP contribution in [0.2, 0.25) is 0 Å². The van der Waals surface area contributed by atoms with Gasteiger partial charge < -0.3 is 5.11 Å². The molecule has 1 aromatic carbocycles. The molecule has 2 rings (SSSR count). The van der Waals surface area contributed by atoms with Crippen molar-refractivity contribution >= 4 is 17.6 Å². The van der Waals surface area contributed by atoms with Crippen molar-refractivity contribution in [3.05, 3.63) is 65.5 Å². The van der Waals surface area contributed by atoms with Crippen molar-refractivity contribution in [1.29, 1.82) is 0 Å². The summed E-state index contributed by atoms with van der Waals surface area (Å²) in [4.78, 5) is 26.8. The number of carboxylic acids is 1. The number of benzene rings is 1. The highest BCUT2D eigenvalue weighted by Gasteiger charge is 2.09. The fourth-order valence-corrected chi connectivity index (χ4v) is 2.11. The van der Waals surface area contributed by atoms with Crippen LogP contribution in [0.4, 0.5) is 0 Å². The molecule has 0 saturated heterocycles. The summed E-state index contributed by atoms with van der Waals surface area (Å²) in [6.07, 6.45) is 4.14. The first-order chi connectivity index (χ1) is 11.6. The Morgan fingerprint density at radius 3 is 2.29 bits per heavy atom. The number of hydrogen-bond donors (Lipinski definition) is 2. The second kappa shape index (κ2) is 8.57. The maximum absolute atomic E-state index is 12.1. The first kappa shape index (κ1) is 17.3. The van der Waals surface area contributed by atoms with Gasteiger partial charge in [-0.3, -0.25) is 14.6 Å². The maximum Gasteiger partial charge on any atom is 0.303 e. The molecular weight excluding hydrogens is 306 g/mol. The Labute approximate surface area is 140 Å². The summed E-state index contributed by atoms with van der Waals surface area (Å²) in [6, 6.07) is 10.9. The number of nitrogens with zero attached hydrogens (tertiary/aromatic N) is 2. The highest BCUT2D eigenvalue weighted by atomic mass is 16.4. The second-order valence-electron chi connectivity index (χ2n) is 5.18. The average molecular weight is 325 g/mol. The van der Waals surface area contributed by atoms with Crippen LogP contribution in [-0.2, 0) is 11.2 Å². The van der Waals surface area contributed by atoms with Crippen LogP contribution >= 0.6 is 0 Å². The Kier molecular flexibility index (Phi) is 6.19. The van der Waals surface area contributed by atoms with Crippen molar-refractivity contribution < 1.29 is 14.7 Å². The molecule has 0 saturated carbocycles. The smallest absolute Gasteiger partial charge is 0.303 e. The molecule has 0 aliphatic carbocycles. The van der Waals surface area contributed by atoms with Gasteiger partial charge in [0.15, 0.2) is 0 Å². The van der Waals surface area contributed by atoms with Gasteiger partial charge in [-0.1, -0.05) is 31.2 Å². The molecule has 1 heterocycles. The fourth-order valence-electron chi connectivity index (χ4n) is 2.11. The predicted octanol–water partition coefficient (Wildman–Crippen LogP) is 2.64. The molecule has 24 heavy (non-hydrogen) atoms. The molecule has 0 bridgehead atoms. The summed E-state index contributed by atoms with van der Waals surface area (Å²) in [5.74, 6) is -1.27. The number of carbonyl (C=O) groups excluding carboxylic acids is 1. The van der Waals surface area contributed by atoms with Crippen LogP contribution < -0.4 is 5.43 Å². The van der Waals surface area contributed by atoms with Gasteiger partial charge >= 0.3 is 5.97 Å². The molecule has 0 aliphatic rings. The summed E-state index contributed by atoms with van der Waals surface area (Å²) < 4.78 is 0. The molecule has 1 aromatic heterocycles. The molecule has 0 spiro atoms. The molecule has 6 nitrogen and oxygen atoms in total. The number of aliphatic carboxylic acids is 1. The number of aromatic nitrogens is 1. The van der Waals surface area contributed by atoms with Gasteiger partial charge in [-0.05, 0) is 29.7 Å². The van der Waals surface area contributed by atoms with Crippen LogP contribution in [0.1, 0.15) is 41.3 Å². The Morgan fingerprint density at radius 2 is 1.71 bits per heavy atom. The van der Waals surface area contributed by atoms with Gasteiger partial charge in [-0.2, -0.15) is 5.10 Å². The fraction of sp³-hybridized carbons (Fsp3) is 0.222. The van der Waals surface area contributed by atoms with Crippen molar-refractivity contribution in [2.75, 3.05) is 0 Å². The van der Waals surface area contributed by atoms with E-state index in [2.05, 4.69) is 22.4 Å². The van der Waals surface area contributed by atoms with Crippen molar-refractivity contribution in [2.24, 2.45) is 5.10 Å². The normalized spacial score (nSPS) is 11.1. The second-order valence-corrected chi connectivity index (χ2v) is 5.18. The van der Waals surface area contributed by atoms with E-state index >= 15 is 0 Å². The summed E-state index contributed by atoms with van der Waals surface area (Å²) in [5, 5.41) is 13.0. The van der Waals surface area contributed by atoms with Gasteiger partial charge in [0.25, 0.3) is 5.91 Å². The summed E-state index contributed by atoms with van der Waals surface area (Å²) in [6.45, 7) is 2.06. The monoisotopic (exact) mass is 325 g/mol. The molecule has 0 unspecified atom stereocenters. The molecule has 2 N–H and O–H groups in total. The summed E-state index contributed by atoms with van der Waals surface area (Å²) >= 11 is 0. The van der Waals surface area contributed by atoms with Crippen LogP contribution in [0.25, 0.3) is 0 Å². The zero-order chi connectivity index (χ0) is 17.4. The molecule has 0 aliphatic heterocycles. The molecular formula is C18H19N3O3. The Morgan fingerprint density at radius 1 is 1.04 bits per heavy atom. The third-order valence-electron chi connectivity index (χ3n) is 3.51. The van der Waals surface area contributed by atoms with E-state index in [0.29, 0.717) is 11.3 Å². The molecule has 2 aromatic rings. The largest absolute Gasteiger partial charge is 0.481 e. The first-order valence-corrected chi connectivity index (χ1v) is 7.68. The number of pyridine rings is 1. The van der Waals surface area contributed by atoms with E-state index in [-0.39, 0.29) is 18.7 Å². The third-order valence-corrected chi connectivity index (χ3v) is 3.51. The molecule has 124 valence electrons. The van der Waals surface area contributed by atoms with Crippen LogP contribution in [-0.4, -0.2) is 27.7 Å². The van der Waals surface area contributed by atoms with Crippen LogP contribution in [0.5, 0.6) is 0 Å². The SMILES string of the molecule is CCc1ccc(/C(CCC(=O)O)=N/NC(=O)c2ccncc2)cc1. The molecule has 6 heteroatoms. The number of hydrogen-bond acceptors (Lipinski definition) is 4. The lowest BCUT2D eigenvalue weighted by Crippen LogP contribution is -2.20. The minimum atomic E-state index is -0.909. The van der Waals surface area contributed by atoms with Crippen LogP contribution in [0, 0.1) is 0 Å².